The maximum atomic E-state index is 13.9. The Morgan fingerprint density at radius 1 is 1.06 bits per heavy atom. The predicted molar refractivity (Wildman–Crippen MR) is 133 cm³/mol. The molecule has 1 atom stereocenters. The molecular weight excluding hydrogens is 448 g/mol. The number of aromatic nitrogens is 3. The lowest BCUT2D eigenvalue weighted by Gasteiger charge is -2.23. The second-order valence-corrected chi connectivity index (χ2v) is 8.98. The van der Waals surface area contributed by atoms with Crippen LogP contribution in [0.15, 0.2) is 66.7 Å². The number of carbonyl (C=O) groups excluding carboxylic acids is 1. The Bertz CT molecular complexity index is 1600. The number of benzene rings is 3. The number of imidazole rings is 1. The summed E-state index contributed by atoms with van der Waals surface area (Å²) < 4.78 is 31.7. The van der Waals surface area contributed by atoms with Crippen LogP contribution in [0.3, 0.4) is 0 Å². The first-order chi connectivity index (χ1) is 17.0. The highest BCUT2D eigenvalue weighted by atomic mass is 19.1. The standard InChI is InChI=1S/C27H23F2N5O/c1-16-9-10-30-27-32-22-7-6-21(14-24(22)34(16)27)31-26(35)25-13-18-12-20(29)5-8-23(18)33(25)15-17-3-2-4-19(28)11-17/h2-8,11-14,16H,9-10,15H2,1H3,(H,30,32)(H,31,35). The molecule has 35 heavy (non-hydrogen) atoms. The lowest BCUT2D eigenvalue weighted by Crippen LogP contribution is -2.21. The van der Waals surface area contributed by atoms with E-state index in [0.717, 1.165) is 29.9 Å². The van der Waals surface area contributed by atoms with Crippen molar-refractivity contribution in [1.29, 1.82) is 0 Å². The molecule has 0 aliphatic carbocycles. The van der Waals surface area contributed by atoms with Crippen molar-refractivity contribution in [2.75, 3.05) is 17.2 Å². The highest BCUT2D eigenvalue weighted by Gasteiger charge is 2.21. The zero-order valence-corrected chi connectivity index (χ0v) is 19.1. The number of anilines is 2. The normalized spacial score (nSPS) is 15.2. The number of halogens is 2. The van der Waals surface area contributed by atoms with Gasteiger partial charge in [0.15, 0.2) is 0 Å². The molecule has 0 spiro atoms. The van der Waals surface area contributed by atoms with Gasteiger partial charge in [0.25, 0.3) is 5.91 Å². The molecule has 3 heterocycles. The van der Waals surface area contributed by atoms with Gasteiger partial charge < -0.3 is 19.8 Å². The summed E-state index contributed by atoms with van der Waals surface area (Å²) in [7, 11) is 0. The van der Waals surface area contributed by atoms with Crippen molar-refractivity contribution in [1.82, 2.24) is 14.1 Å². The van der Waals surface area contributed by atoms with Crippen molar-refractivity contribution in [2.24, 2.45) is 0 Å². The summed E-state index contributed by atoms with van der Waals surface area (Å²) in [5.74, 6) is -0.232. The number of nitrogens with zero attached hydrogens (tertiary/aromatic N) is 3. The smallest absolute Gasteiger partial charge is 0.272 e. The SMILES string of the molecule is CC1CCNc2nc3ccc(NC(=O)c4cc5cc(F)ccc5n4Cc4cccc(F)c4)cc3n21. The topological polar surface area (TPSA) is 63.9 Å². The maximum absolute atomic E-state index is 13.9. The molecule has 3 aromatic carbocycles. The minimum atomic E-state index is -0.383. The van der Waals surface area contributed by atoms with Gasteiger partial charge in [-0.2, -0.15) is 0 Å². The summed E-state index contributed by atoms with van der Waals surface area (Å²) >= 11 is 0. The number of fused-ring (bicyclic) bond motifs is 4. The summed E-state index contributed by atoms with van der Waals surface area (Å²) in [6.07, 6.45) is 0.992. The van der Waals surface area contributed by atoms with Gasteiger partial charge in [0, 0.05) is 35.7 Å². The van der Waals surface area contributed by atoms with Crippen LogP contribution in [0.1, 0.15) is 35.4 Å². The van der Waals surface area contributed by atoms with E-state index in [0.29, 0.717) is 33.9 Å². The van der Waals surface area contributed by atoms with Crippen LogP contribution in [-0.4, -0.2) is 26.6 Å². The van der Waals surface area contributed by atoms with Gasteiger partial charge in [0.2, 0.25) is 5.95 Å². The Morgan fingerprint density at radius 3 is 2.77 bits per heavy atom. The summed E-state index contributed by atoms with van der Waals surface area (Å²) in [5, 5.41) is 6.92. The van der Waals surface area contributed by atoms with E-state index < -0.39 is 0 Å². The second-order valence-electron chi connectivity index (χ2n) is 8.98. The van der Waals surface area contributed by atoms with Crippen LogP contribution >= 0.6 is 0 Å². The third-order valence-corrected chi connectivity index (χ3v) is 6.56. The summed E-state index contributed by atoms with van der Waals surface area (Å²) in [5.41, 5.74) is 4.20. The number of hydrogen-bond donors (Lipinski definition) is 2. The Hall–Kier alpha value is -4.20. The van der Waals surface area contributed by atoms with Crippen LogP contribution in [0.4, 0.5) is 20.4 Å². The van der Waals surface area contributed by atoms with Gasteiger partial charge in [-0.05, 0) is 73.5 Å². The zero-order chi connectivity index (χ0) is 24.1. The van der Waals surface area contributed by atoms with Crippen LogP contribution in [0.25, 0.3) is 21.9 Å². The fraction of sp³-hybridized carbons (Fsp3) is 0.185. The molecular formula is C27H23F2N5O. The van der Waals surface area contributed by atoms with E-state index in [1.807, 2.05) is 18.2 Å². The molecule has 6 rings (SSSR count). The van der Waals surface area contributed by atoms with Gasteiger partial charge in [0.1, 0.15) is 17.3 Å². The molecule has 0 radical (unpaired) electrons. The van der Waals surface area contributed by atoms with Crippen molar-refractivity contribution in [3.8, 4) is 0 Å². The molecule has 176 valence electrons. The minimum Gasteiger partial charge on any atom is -0.356 e. The number of carbonyl (C=O) groups is 1. The van der Waals surface area contributed by atoms with Crippen molar-refractivity contribution in [3.05, 3.63) is 89.6 Å². The first kappa shape index (κ1) is 21.3. The molecule has 2 aromatic heterocycles. The maximum Gasteiger partial charge on any atom is 0.272 e. The lowest BCUT2D eigenvalue weighted by molar-refractivity contribution is 0.101. The molecule has 1 aliphatic heterocycles. The van der Waals surface area contributed by atoms with Crippen molar-refractivity contribution in [2.45, 2.75) is 25.9 Å². The number of rotatable bonds is 4. The van der Waals surface area contributed by atoms with Crippen LogP contribution < -0.4 is 10.6 Å². The van der Waals surface area contributed by atoms with Crippen LogP contribution in [0.2, 0.25) is 0 Å². The van der Waals surface area contributed by atoms with Gasteiger partial charge >= 0.3 is 0 Å². The fourth-order valence-electron chi connectivity index (χ4n) is 4.88. The quantitative estimate of drug-likeness (QED) is 0.341. The fourth-order valence-corrected chi connectivity index (χ4v) is 4.88. The van der Waals surface area contributed by atoms with E-state index in [9.17, 15) is 13.6 Å². The Balaban J connectivity index is 1.38. The molecule has 1 amide bonds. The van der Waals surface area contributed by atoms with Gasteiger partial charge in [-0.3, -0.25) is 4.79 Å². The van der Waals surface area contributed by atoms with E-state index in [2.05, 4.69) is 27.1 Å². The molecule has 5 aromatic rings. The Kier molecular flexibility index (Phi) is 5.02. The average Bonchev–Trinajstić information content (AvgIpc) is 3.37. The summed E-state index contributed by atoms with van der Waals surface area (Å²) in [6, 6.07) is 18.2. The van der Waals surface area contributed by atoms with E-state index in [1.165, 1.54) is 24.3 Å². The Morgan fingerprint density at radius 2 is 1.91 bits per heavy atom. The first-order valence-corrected chi connectivity index (χ1v) is 11.6. The second kappa shape index (κ2) is 8.23. The van der Waals surface area contributed by atoms with Crippen molar-refractivity contribution < 1.29 is 13.6 Å². The van der Waals surface area contributed by atoms with Gasteiger partial charge in [-0.25, -0.2) is 13.8 Å². The van der Waals surface area contributed by atoms with Crippen molar-refractivity contribution >= 4 is 39.5 Å². The van der Waals surface area contributed by atoms with E-state index in [1.54, 1.807) is 28.8 Å². The molecule has 2 N–H and O–H groups in total. The molecule has 6 nitrogen and oxygen atoms in total. The first-order valence-electron chi connectivity index (χ1n) is 11.6. The monoisotopic (exact) mass is 471 g/mol. The molecule has 8 heteroatoms. The van der Waals surface area contributed by atoms with Crippen molar-refractivity contribution in [3.63, 3.8) is 0 Å². The zero-order valence-electron chi connectivity index (χ0n) is 19.1. The predicted octanol–water partition coefficient (Wildman–Crippen LogP) is 5.95. The summed E-state index contributed by atoms with van der Waals surface area (Å²) in [4.78, 5) is 18.1. The van der Waals surface area contributed by atoms with Crippen LogP contribution in [0, 0.1) is 11.6 Å². The van der Waals surface area contributed by atoms with Gasteiger partial charge in [-0.15, -0.1) is 0 Å². The largest absolute Gasteiger partial charge is 0.356 e. The highest BCUT2D eigenvalue weighted by Crippen LogP contribution is 2.31. The molecule has 0 bridgehead atoms. The van der Waals surface area contributed by atoms with Crippen LogP contribution in [0.5, 0.6) is 0 Å². The lowest BCUT2D eigenvalue weighted by atomic mass is 10.2. The number of nitrogens with one attached hydrogen (secondary N) is 2. The molecule has 0 saturated heterocycles. The molecule has 0 fully saturated rings. The third kappa shape index (κ3) is 3.80. The van der Waals surface area contributed by atoms with Gasteiger partial charge in [0.05, 0.1) is 11.0 Å². The van der Waals surface area contributed by atoms with E-state index in [4.69, 9.17) is 0 Å². The summed E-state index contributed by atoms with van der Waals surface area (Å²) in [6.45, 7) is 3.30. The molecule has 1 aliphatic rings. The van der Waals surface area contributed by atoms with E-state index in [-0.39, 0.29) is 24.1 Å². The Labute approximate surface area is 200 Å². The number of hydrogen-bond acceptors (Lipinski definition) is 3. The molecule has 1 unspecified atom stereocenters. The van der Waals surface area contributed by atoms with Crippen LogP contribution in [-0.2, 0) is 6.54 Å². The third-order valence-electron chi connectivity index (χ3n) is 6.56. The minimum absolute atomic E-state index is 0.272. The molecule has 0 saturated carbocycles. The number of amides is 1. The van der Waals surface area contributed by atoms with Gasteiger partial charge in [-0.1, -0.05) is 12.1 Å². The highest BCUT2D eigenvalue weighted by molar-refractivity contribution is 6.07. The van der Waals surface area contributed by atoms with E-state index >= 15 is 0 Å². The average molecular weight is 472 g/mol.